The molecule has 0 saturated carbocycles. The summed E-state index contributed by atoms with van der Waals surface area (Å²) in [6.45, 7) is 1.66. The Morgan fingerprint density at radius 3 is 2.07 bits per heavy atom. The molecule has 0 radical (unpaired) electrons. The summed E-state index contributed by atoms with van der Waals surface area (Å²) in [5, 5.41) is 3.69. The lowest BCUT2D eigenvalue weighted by Gasteiger charge is -2.35. The Balaban J connectivity index is 1.62. The largest absolute Gasteiger partial charge is 0.497 e. The van der Waals surface area contributed by atoms with Crippen LogP contribution >= 0.6 is 12.2 Å². The zero-order valence-electron chi connectivity index (χ0n) is 17.1. The van der Waals surface area contributed by atoms with Gasteiger partial charge in [0.15, 0.2) is 5.11 Å². The van der Waals surface area contributed by atoms with E-state index in [4.69, 9.17) is 26.4 Å². The fourth-order valence-corrected chi connectivity index (χ4v) is 4.84. The molecule has 10 heteroatoms. The molecule has 0 unspecified atom stereocenters. The van der Waals surface area contributed by atoms with E-state index in [2.05, 4.69) is 5.32 Å². The van der Waals surface area contributed by atoms with Gasteiger partial charge in [-0.05, 0) is 48.6 Å². The van der Waals surface area contributed by atoms with Gasteiger partial charge in [-0.15, -0.1) is 0 Å². The number of piperazine rings is 1. The number of rotatable bonds is 6. The maximum absolute atomic E-state index is 12.9. The fourth-order valence-electron chi connectivity index (χ4n) is 3.12. The first-order valence-electron chi connectivity index (χ1n) is 9.31. The van der Waals surface area contributed by atoms with Gasteiger partial charge in [0, 0.05) is 32.2 Å². The van der Waals surface area contributed by atoms with Crippen molar-refractivity contribution in [1.82, 2.24) is 9.21 Å². The highest BCUT2D eigenvalue weighted by Crippen LogP contribution is 2.29. The van der Waals surface area contributed by atoms with Gasteiger partial charge >= 0.3 is 0 Å². The lowest BCUT2D eigenvalue weighted by atomic mass is 10.2. The van der Waals surface area contributed by atoms with Crippen molar-refractivity contribution in [3.05, 3.63) is 42.5 Å². The minimum atomic E-state index is -3.56. The second-order valence-electron chi connectivity index (χ2n) is 6.56. The van der Waals surface area contributed by atoms with Gasteiger partial charge < -0.3 is 24.4 Å². The number of thiocarbonyl (C=S) groups is 1. The number of methoxy groups -OCH3 is 3. The van der Waals surface area contributed by atoms with E-state index in [-0.39, 0.29) is 4.90 Å². The highest BCUT2D eigenvalue weighted by atomic mass is 32.2. The first-order chi connectivity index (χ1) is 14.4. The van der Waals surface area contributed by atoms with Crippen molar-refractivity contribution in [2.45, 2.75) is 4.90 Å². The zero-order valence-corrected chi connectivity index (χ0v) is 18.8. The zero-order chi connectivity index (χ0) is 21.7. The number of ether oxygens (including phenoxy) is 3. The van der Waals surface area contributed by atoms with E-state index in [1.54, 1.807) is 51.7 Å². The average molecular weight is 452 g/mol. The summed E-state index contributed by atoms with van der Waals surface area (Å²) in [5.74, 6) is 1.90. The predicted octanol–water partition coefficient (Wildman–Crippen LogP) is 2.42. The molecule has 1 N–H and O–H groups in total. The highest BCUT2D eigenvalue weighted by molar-refractivity contribution is 7.89. The van der Waals surface area contributed by atoms with Crippen LogP contribution in [-0.4, -0.2) is 70.2 Å². The predicted molar refractivity (Wildman–Crippen MR) is 119 cm³/mol. The van der Waals surface area contributed by atoms with Crippen molar-refractivity contribution < 1.29 is 22.6 Å². The van der Waals surface area contributed by atoms with E-state index >= 15 is 0 Å². The van der Waals surface area contributed by atoms with Gasteiger partial charge in [-0.1, -0.05) is 0 Å². The summed E-state index contributed by atoms with van der Waals surface area (Å²) in [5.41, 5.74) is 0.719. The topological polar surface area (TPSA) is 80.3 Å². The SMILES string of the molecule is COc1ccc(S(=O)(=O)N2CCN(C(=S)Nc3ccc(OC)cc3OC)CC2)cc1. The molecule has 1 aliphatic rings. The molecule has 0 aromatic heterocycles. The number of sulfonamides is 1. The summed E-state index contributed by atoms with van der Waals surface area (Å²) in [6.07, 6.45) is 0. The maximum atomic E-state index is 12.9. The van der Waals surface area contributed by atoms with Gasteiger partial charge in [0.2, 0.25) is 10.0 Å². The second kappa shape index (κ2) is 9.50. The third-order valence-corrected chi connectivity index (χ3v) is 7.15. The van der Waals surface area contributed by atoms with Crippen LogP contribution in [0.2, 0.25) is 0 Å². The van der Waals surface area contributed by atoms with Crippen LogP contribution in [-0.2, 0) is 10.0 Å². The number of nitrogens with one attached hydrogen (secondary N) is 1. The van der Waals surface area contributed by atoms with Gasteiger partial charge in [0.05, 0.1) is 31.9 Å². The summed E-state index contributed by atoms with van der Waals surface area (Å²) in [6, 6.07) is 11.8. The quantitative estimate of drug-likeness (QED) is 0.671. The Morgan fingerprint density at radius 1 is 0.900 bits per heavy atom. The minimum Gasteiger partial charge on any atom is -0.497 e. The lowest BCUT2D eigenvalue weighted by Crippen LogP contribution is -2.51. The smallest absolute Gasteiger partial charge is 0.243 e. The second-order valence-corrected chi connectivity index (χ2v) is 8.89. The van der Waals surface area contributed by atoms with Crippen LogP contribution in [0.1, 0.15) is 0 Å². The van der Waals surface area contributed by atoms with Crippen molar-refractivity contribution >= 4 is 33.0 Å². The first kappa shape index (κ1) is 22.1. The van der Waals surface area contributed by atoms with Crippen LogP contribution in [0.4, 0.5) is 5.69 Å². The fraction of sp³-hybridized carbons (Fsp3) is 0.350. The molecule has 8 nitrogen and oxygen atoms in total. The standard InChI is InChI=1S/C20H25N3O5S2/c1-26-15-4-7-17(8-5-15)30(24,25)23-12-10-22(11-13-23)20(29)21-18-9-6-16(27-2)14-19(18)28-3/h4-9,14H,10-13H2,1-3H3,(H,21,29). The molecule has 1 heterocycles. The third-order valence-electron chi connectivity index (χ3n) is 4.87. The monoisotopic (exact) mass is 451 g/mol. The van der Waals surface area contributed by atoms with Crippen molar-refractivity contribution in [2.24, 2.45) is 0 Å². The van der Waals surface area contributed by atoms with E-state index in [1.807, 2.05) is 17.0 Å². The summed E-state index contributed by atoms with van der Waals surface area (Å²) in [4.78, 5) is 2.19. The molecule has 162 valence electrons. The van der Waals surface area contributed by atoms with Gasteiger partial charge in [-0.3, -0.25) is 0 Å². The Bertz CT molecular complexity index is 988. The number of benzene rings is 2. The van der Waals surface area contributed by atoms with E-state index in [1.165, 1.54) is 4.31 Å². The van der Waals surface area contributed by atoms with E-state index in [9.17, 15) is 8.42 Å². The third kappa shape index (κ3) is 4.77. The molecule has 2 aromatic rings. The Labute approximate surface area is 182 Å². The number of nitrogens with zero attached hydrogens (tertiary/aromatic N) is 2. The van der Waals surface area contributed by atoms with Crippen molar-refractivity contribution in [3.8, 4) is 17.2 Å². The van der Waals surface area contributed by atoms with Crippen LogP contribution < -0.4 is 19.5 Å². The maximum Gasteiger partial charge on any atom is 0.243 e. The average Bonchev–Trinajstić information content (AvgIpc) is 2.79. The number of anilines is 1. The van der Waals surface area contributed by atoms with Crippen LogP contribution in [0.3, 0.4) is 0 Å². The van der Waals surface area contributed by atoms with E-state index in [0.29, 0.717) is 48.5 Å². The van der Waals surface area contributed by atoms with Crippen molar-refractivity contribution in [1.29, 1.82) is 0 Å². The van der Waals surface area contributed by atoms with Gasteiger partial charge in [-0.25, -0.2) is 8.42 Å². The highest BCUT2D eigenvalue weighted by Gasteiger charge is 2.29. The number of hydrogen-bond acceptors (Lipinski definition) is 6. The summed E-state index contributed by atoms with van der Waals surface area (Å²) < 4.78 is 42.9. The van der Waals surface area contributed by atoms with Gasteiger partial charge in [-0.2, -0.15) is 4.31 Å². The molecular formula is C20H25N3O5S2. The van der Waals surface area contributed by atoms with Gasteiger partial charge in [0.25, 0.3) is 0 Å². The van der Waals surface area contributed by atoms with Gasteiger partial charge in [0.1, 0.15) is 17.2 Å². The summed E-state index contributed by atoms with van der Waals surface area (Å²) in [7, 11) is 1.15. The summed E-state index contributed by atoms with van der Waals surface area (Å²) >= 11 is 5.52. The van der Waals surface area contributed by atoms with Crippen LogP contribution in [0.5, 0.6) is 17.2 Å². The lowest BCUT2D eigenvalue weighted by molar-refractivity contribution is 0.268. The molecule has 0 aliphatic carbocycles. The molecule has 0 spiro atoms. The number of hydrogen-bond donors (Lipinski definition) is 1. The molecule has 1 saturated heterocycles. The molecule has 0 amide bonds. The molecular weight excluding hydrogens is 426 g/mol. The van der Waals surface area contributed by atoms with Crippen molar-refractivity contribution in [3.63, 3.8) is 0 Å². The van der Waals surface area contributed by atoms with E-state index < -0.39 is 10.0 Å². The molecule has 1 aliphatic heterocycles. The van der Waals surface area contributed by atoms with Crippen LogP contribution in [0.25, 0.3) is 0 Å². The van der Waals surface area contributed by atoms with E-state index in [0.717, 1.165) is 5.69 Å². The normalized spacial score (nSPS) is 14.8. The van der Waals surface area contributed by atoms with Crippen LogP contribution in [0, 0.1) is 0 Å². The molecule has 1 fully saturated rings. The molecule has 3 rings (SSSR count). The Hall–Kier alpha value is -2.56. The van der Waals surface area contributed by atoms with Crippen LogP contribution in [0.15, 0.2) is 47.4 Å². The molecule has 0 bridgehead atoms. The molecule has 0 atom stereocenters. The first-order valence-corrected chi connectivity index (χ1v) is 11.2. The molecule has 30 heavy (non-hydrogen) atoms. The van der Waals surface area contributed by atoms with Crippen molar-refractivity contribution in [2.75, 3.05) is 52.8 Å². The Kier molecular flexibility index (Phi) is 7.01. The Morgan fingerprint density at radius 2 is 1.50 bits per heavy atom. The molecule has 2 aromatic carbocycles. The minimum absolute atomic E-state index is 0.250.